The Hall–Kier alpha value is -0.650. The Kier molecular flexibility index (Phi) is 3.94. The first-order valence-electron chi connectivity index (χ1n) is 6.62. The Morgan fingerprint density at radius 2 is 1.94 bits per heavy atom. The van der Waals surface area contributed by atoms with Crippen LogP contribution in [-0.4, -0.2) is 60.0 Å². The van der Waals surface area contributed by atoms with Crippen molar-refractivity contribution in [3.05, 3.63) is 0 Å². The zero-order valence-corrected chi connectivity index (χ0v) is 11.3. The summed E-state index contributed by atoms with van der Waals surface area (Å²) in [6.07, 6.45) is 1.76. The second-order valence-corrected chi connectivity index (χ2v) is 5.93. The van der Waals surface area contributed by atoms with Crippen LogP contribution >= 0.6 is 0 Å². The Balaban J connectivity index is 2.18. The zero-order valence-electron chi connectivity index (χ0n) is 11.3. The Labute approximate surface area is 108 Å². The van der Waals surface area contributed by atoms with E-state index in [0.29, 0.717) is 19.8 Å². The third-order valence-corrected chi connectivity index (χ3v) is 3.98. The number of hydrogen-bond donors (Lipinski definition) is 1. The van der Waals surface area contributed by atoms with Crippen molar-refractivity contribution in [2.75, 3.05) is 32.9 Å². The Morgan fingerprint density at radius 1 is 1.28 bits per heavy atom. The smallest absolute Gasteiger partial charge is 0.305 e. The minimum atomic E-state index is -0.723. The quantitative estimate of drug-likeness (QED) is 0.821. The average molecular weight is 257 g/mol. The van der Waals surface area contributed by atoms with Gasteiger partial charge in [-0.05, 0) is 26.7 Å². The molecule has 5 nitrogen and oxygen atoms in total. The van der Waals surface area contributed by atoms with E-state index in [1.807, 2.05) is 13.8 Å². The van der Waals surface area contributed by atoms with Gasteiger partial charge in [0.2, 0.25) is 0 Å². The molecule has 0 radical (unpaired) electrons. The van der Waals surface area contributed by atoms with Crippen LogP contribution in [0.4, 0.5) is 0 Å². The lowest BCUT2D eigenvalue weighted by atomic mass is 9.77. The van der Waals surface area contributed by atoms with Crippen LogP contribution in [-0.2, 0) is 14.3 Å². The van der Waals surface area contributed by atoms with Gasteiger partial charge < -0.3 is 14.6 Å². The summed E-state index contributed by atoms with van der Waals surface area (Å²) >= 11 is 0. The molecule has 0 amide bonds. The predicted molar refractivity (Wildman–Crippen MR) is 66.6 cm³/mol. The number of carboxylic acid groups (broad SMARTS) is 1. The summed E-state index contributed by atoms with van der Waals surface area (Å²) in [6, 6.07) is 0. The summed E-state index contributed by atoms with van der Waals surface area (Å²) in [4.78, 5) is 13.5. The SMILES string of the molecule is CC1(C)CC(CC(=O)O)(N2CCOCC2)CCO1. The summed E-state index contributed by atoms with van der Waals surface area (Å²) in [5, 5.41) is 9.23. The zero-order chi connectivity index (χ0) is 13.2. The van der Waals surface area contributed by atoms with Crippen molar-refractivity contribution in [3.8, 4) is 0 Å². The number of carbonyl (C=O) groups is 1. The third-order valence-electron chi connectivity index (χ3n) is 3.98. The molecule has 2 aliphatic heterocycles. The highest BCUT2D eigenvalue weighted by Gasteiger charge is 2.46. The summed E-state index contributed by atoms with van der Waals surface area (Å²) in [5.41, 5.74) is -0.511. The lowest BCUT2D eigenvalue weighted by molar-refractivity contribution is -0.157. The minimum absolute atomic E-state index is 0.194. The van der Waals surface area contributed by atoms with Crippen molar-refractivity contribution in [3.63, 3.8) is 0 Å². The molecule has 1 unspecified atom stereocenters. The molecule has 0 saturated carbocycles. The van der Waals surface area contributed by atoms with E-state index in [1.54, 1.807) is 0 Å². The molecule has 1 atom stereocenters. The van der Waals surface area contributed by atoms with E-state index in [0.717, 1.165) is 25.9 Å². The monoisotopic (exact) mass is 257 g/mol. The first-order chi connectivity index (χ1) is 8.44. The largest absolute Gasteiger partial charge is 0.481 e. The fourth-order valence-electron chi connectivity index (χ4n) is 3.30. The van der Waals surface area contributed by atoms with Crippen molar-refractivity contribution in [2.24, 2.45) is 0 Å². The number of morpholine rings is 1. The van der Waals surface area contributed by atoms with Gasteiger partial charge in [0.15, 0.2) is 0 Å². The fraction of sp³-hybridized carbons (Fsp3) is 0.923. The molecule has 0 bridgehead atoms. The number of ether oxygens (including phenoxy) is 2. The van der Waals surface area contributed by atoms with Crippen LogP contribution in [0.2, 0.25) is 0 Å². The third kappa shape index (κ3) is 3.02. The van der Waals surface area contributed by atoms with Crippen LogP contribution in [0.15, 0.2) is 0 Å². The fourth-order valence-corrected chi connectivity index (χ4v) is 3.30. The molecule has 5 heteroatoms. The second-order valence-electron chi connectivity index (χ2n) is 5.93. The van der Waals surface area contributed by atoms with Crippen molar-refractivity contribution < 1.29 is 19.4 Å². The standard InChI is InChI=1S/C13H23NO4/c1-12(2)10-13(3-6-18-12,9-11(15)16)14-4-7-17-8-5-14/h3-10H2,1-2H3,(H,15,16). The van der Waals surface area contributed by atoms with E-state index in [-0.39, 0.29) is 17.6 Å². The van der Waals surface area contributed by atoms with E-state index in [9.17, 15) is 9.90 Å². The van der Waals surface area contributed by atoms with Gasteiger partial charge in [-0.25, -0.2) is 0 Å². The molecular formula is C13H23NO4. The van der Waals surface area contributed by atoms with E-state index in [2.05, 4.69) is 4.90 Å². The van der Waals surface area contributed by atoms with E-state index in [1.165, 1.54) is 0 Å². The molecule has 0 aromatic carbocycles. The Bertz CT molecular complexity index is 312. The topological polar surface area (TPSA) is 59.0 Å². The molecule has 0 spiro atoms. The molecule has 2 saturated heterocycles. The maximum Gasteiger partial charge on any atom is 0.305 e. The van der Waals surface area contributed by atoms with Crippen molar-refractivity contribution in [1.29, 1.82) is 0 Å². The van der Waals surface area contributed by atoms with Crippen LogP contribution in [0, 0.1) is 0 Å². The van der Waals surface area contributed by atoms with Gasteiger partial charge in [0.05, 0.1) is 25.2 Å². The number of carboxylic acids is 1. The van der Waals surface area contributed by atoms with Gasteiger partial charge in [0.1, 0.15) is 0 Å². The normalized spacial score (nSPS) is 33.2. The van der Waals surface area contributed by atoms with Crippen LogP contribution in [0.5, 0.6) is 0 Å². The average Bonchev–Trinajstić information content (AvgIpc) is 2.28. The molecular weight excluding hydrogens is 234 g/mol. The van der Waals surface area contributed by atoms with Gasteiger partial charge in [-0.1, -0.05) is 0 Å². The molecule has 0 aromatic heterocycles. The lowest BCUT2D eigenvalue weighted by Crippen LogP contribution is -2.60. The van der Waals surface area contributed by atoms with Gasteiger partial charge in [-0.3, -0.25) is 9.69 Å². The highest BCUT2D eigenvalue weighted by Crippen LogP contribution is 2.39. The van der Waals surface area contributed by atoms with Gasteiger partial charge in [-0.15, -0.1) is 0 Å². The molecule has 0 aliphatic carbocycles. The number of nitrogens with zero attached hydrogens (tertiary/aromatic N) is 1. The van der Waals surface area contributed by atoms with E-state index < -0.39 is 5.97 Å². The van der Waals surface area contributed by atoms with Crippen LogP contribution < -0.4 is 0 Å². The summed E-state index contributed by atoms with van der Waals surface area (Å²) in [6.45, 7) is 7.77. The van der Waals surface area contributed by atoms with Crippen molar-refractivity contribution in [2.45, 2.75) is 44.2 Å². The molecule has 104 valence electrons. The van der Waals surface area contributed by atoms with Gasteiger partial charge in [0.25, 0.3) is 0 Å². The minimum Gasteiger partial charge on any atom is -0.481 e. The summed E-state index contributed by atoms with van der Waals surface area (Å²) in [7, 11) is 0. The van der Waals surface area contributed by atoms with Gasteiger partial charge in [0, 0.05) is 25.2 Å². The van der Waals surface area contributed by atoms with Crippen molar-refractivity contribution in [1.82, 2.24) is 4.90 Å². The van der Waals surface area contributed by atoms with Crippen LogP contribution in [0.3, 0.4) is 0 Å². The maximum absolute atomic E-state index is 11.2. The molecule has 18 heavy (non-hydrogen) atoms. The molecule has 2 heterocycles. The number of hydrogen-bond acceptors (Lipinski definition) is 4. The predicted octanol–water partition coefficient (Wildman–Crippen LogP) is 1.12. The molecule has 2 aliphatic rings. The summed E-state index contributed by atoms with van der Waals surface area (Å²) in [5.74, 6) is -0.723. The van der Waals surface area contributed by atoms with E-state index in [4.69, 9.17) is 9.47 Å². The highest BCUT2D eigenvalue weighted by atomic mass is 16.5. The van der Waals surface area contributed by atoms with E-state index >= 15 is 0 Å². The van der Waals surface area contributed by atoms with Crippen LogP contribution in [0.1, 0.15) is 33.1 Å². The summed E-state index contributed by atoms with van der Waals surface area (Å²) < 4.78 is 11.1. The highest BCUT2D eigenvalue weighted by molar-refractivity contribution is 5.68. The molecule has 1 N–H and O–H groups in total. The molecule has 2 rings (SSSR count). The number of aliphatic carboxylic acids is 1. The number of rotatable bonds is 3. The second kappa shape index (κ2) is 5.15. The first kappa shape index (κ1) is 13.8. The first-order valence-corrected chi connectivity index (χ1v) is 6.62. The molecule has 0 aromatic rings. The van der Waals surface area contributed by atoms with Crippen molar-refractivity contribution >= 4 is 5.97 Å². The molecule has 2 fully saturated rings. The van der Waals surface area contributed by atoms with Crippen LogP contribution in [0.25, 0.3) is 0 Å². The van der Waals surface area contributed by atoms with Gasteiger partial charge in [-0.2, -0.15) is 0 Å². The lowest BCUT2D eigenvalue weighted by Gasteiger charge is -2.51. The van der Waals surface area contributed by atoms with Gasteiger partial charge >= 0.3 is 5.97 Å². The Morgan fingerprint density at radius 3 is 2.50 bits per heavy atom. The maximum atomic E-state index is 11.2.